The van der Waals surface area contributed by atoms with E-state index in [1.54, 1.807) is 16.7 Å². The first-order valence-electron chi connectivity index (χ1n) is 5.41. The maximum absolute atomic E-state index is 10.9. The van der Waals surface area contributed by atoms with E-state index in [-0.39, 0.29) is 5.91 Å². The first kappa shape index (κ1) is 11.6. The highest BCUT2D eigenvalue weighted by Crippen LogP contribution is 2.15. The Kier molecular flexibility index (Phi) is 3.93. The second-order valence-electron chi connectivity index (χ2n) is 4.03. The molecule has 1 aliphatic rings. The highest BCUT2D eigenvalue weighted by molar-refractivity contribution is 7.10. The molecule has 3 N–H and O–H groups in total. The van der Waals surface area contributed by atoms with Crippen LogP contribution >= 0.6 is 11.3 Å². The lowest BCUT2D eigenvalue weighted by Crippen LogP contribution is -2.22. The van der Waals surface area contributed by atoms with Gasteiger partial charge in [-0.25, -0.2) is 0 Å². The van der Waals surface area contributed by atoms with Crippen molar-refractivity contribution in [3.63, 3.8) is 0 Å². The third-order valence-electron chi connectivity index (χ3n) is 2.69. The Balaban J connectivity index is 1.74. The van der Waals surface area contributed by atoms with E-state index in [4.69, 9.17) is 10.5 Å². The monoisotopic (exact) mass is 240 g/mol. The van der Waals surface area contributed by atoms with Crippen LogP contribution in [0.5, 0.6) is 0 Å². The highest BCUT2D eigenvalue weighted by Gasteiger charge is 2.14. The number of thiophene rings is 1. The fourth-order valence-electron chi connectivity index (χ4n) is 1.75. The predicted octanol–water partition coefficient (Wildman–Crippen LogP) is 0.973. The zero-order valence-electron chi connectivity index (χ0n) is 9.07. The van der Waals surface area contributed by atoms with Crippen molar-refractivity contribution in [3.8, 4) is 0 Å². The molecule has 5 heteroatoms. The van der Waals surface area contributed by atoms with Crippen LogP contribution in [0.1, 0.15) is 21.7 Å². The second kappa shape index (κ2) is 5.43. The molecule has 0 bridgehead atoms. The van der Waals surface area contributed by atoms with E-state index >= 15 is 0 Å². The van der Waals surface area contributed by atoms with Crippen LogP contribution in [0.2, 0.25) is 0 Å². The molecule has 1 amide bonds. The van der Waals surface area contributed by atoms with E-state index in [0.29, 0.717) is 11.5 Å². The van der Waals surface area contributed by atoms with Gasteiger partial charge in [0.1, 0.15) is 0 Å². The third kappa shape index (κ3) is 3.04. The molecule has 88 valence electrons. The standard InChI is InChI=1S/C11H16N2O2S/c12-11(14)9-3-10(16-7-9)5-13-4-8-1-2-15-6-8/h3,7-8,13H,1-2,4-6H2,(H2,12,14). The molecule has 0 radical (unpaired) electrons. The Morgan fingerprint density at radius 2 is 2.56 bits per heavy atom. The molecule has 1 saturated heterocycles. The molecule has 0 aliphatic carbocycles. The number of rotatable bonds is 5. The van der Waals surface area contributed by atoms with Gasteiger partial charge in [0.15, 0.2) is 0 Å². The van der Waals surface area contributed by atoms with Crippen LogP contribution in [0.25, 0.3) is 0 Å². The maximum Gasteiger partial charge on any atom is 0.249 e. The van der Waals surface area contributed by atoms with Gasteiger partial charge in [-0.05, 0) is 18.4 Å². The summed E-state index contributed by atoms with van der Waals surface area (Å²) < 4.78 is 5.30. The molecule has 1 unspecified atom stereocenters. The number of nitrogens with two attached hydrogens (primary N) is 1. The van der Waals surface area contributed by atoms with Crippen LogP contribution in [0, 0.1) is 5.92 Å². The van der Waals surface area contributed by atoms with E-state index < -0.39 is 0 Å². The summed E-state index contributed by atoms with van der Waals surface area (Å²) in [5.41, 5.74) is 5.79. The number of ether oxygens (including phenoxy) is 1. The number of carbonyl (C=O) groups is 1. The molecule has 0 aromatic carbocycles. The van der Waals surface area contributed by atoms with E-state index in [1.165, 1.54) is 0 Å². The van der Waals surface area contributed by atoms with Gasteiger partial charge in [-0.1, -0.05) is 0 Å². The normalized spacial score (nSPS) is 20.1. The molecule has 1 aromatic heterocycles. The van der Waals surface area contributed by atoms with Gasteiger partial charge in [-0.2, -0.15) is 0 Å². The van der Waals surface area contributed by atoms with Gasteiger partial charge < -0.3 is 15.8 Å². The topological polar surface area (TPSA) is 64.4 Å². The van der Waals surface area contributed by atoms with Crippen LogP contribution < -0.4 is 11.1 Å². The SMILES string of the molecule is NC(=O)c1csc(CNCC2CCOC2)c1. The van der Waals surface area contributed by atoms with Crippen LogP contribution in [0.4, 0.5) is 0 Å². The molecule has 4 nitrogen and oxygen atoms in total. The summed E-state index contributed by atoms with van der Waals surface area (Å²) in [5, 5.41) is 5.18. The van der Waals surface area contributed by atoms with Crippen molar-refractivity contribution in [2.24, 2.45) is 11.7 Å². The van der Waals surface area contributed by atoms with E-state index in [9.17, 15) is 4.79 Å². The fourth-order valence-corrected chi connectivity index (χ4v) is 2.59. The van der Waals surface area contributed by atoms with Crippen LogP contribution in [0.3, 0.4) is 0 Å². The van der Waals surface area contributed by atoms with Crippen LogP contribution in [-0.4, -0.2) is 25.7 Å². The van der Waals surface area contributed by atoms with Crippen LogP contribution in [-0.2, 0) is 11.3 Å². The molecular weight excluding hydrogens is 224 g/mol. The first-order valence-corrected chi connectivity index (χ1v) is 6.29. The van der Waals surface area contributed by atoms with Crippen molar-refractivity contribution >= 4 is 17.2 Å². The number of amides is 1. The minimum atomic E-state index is -0.355. The summed E-state index contributed by atoms with van der Waals surface area (Å²) in [5.74, 6) is 0.280. The highest BCUT2D eigenvalue weighted by atomic mass is 32.1. The van der Waals surface area contributed by atoms with Crippen molar-refractivity contribution in [2.45, 2.75) is 13.0 Å². The lowest BCUT2D eigenvalue weighted by Gasteiger charge is -2.07. The van der Waals surface area contributed by atoms with Crippen molar-refractivity contribution in [1.82, 2.24) is 5.32 Å². The maximum atomic E-state index is 10.9. The van der Waals surface area contributed by atoms with Crippen molar-refractivity contribution in [2.75, 3.05) is 19.8 Å². The smallest absolute Gasteiger partial charge is 0.249 e. The van der Waals surface area contributed by atoms with Crippen molar-refractivity contribution in [3.05, 3.63) is 21.9 Å². The Morgan fingerprint density at radius 1 is 1.69 bits per heavy atom. The van der Waals surface area contributed by atoms with Crippen molar-refractivity contribution < 1.29 is 9.53 Å². The number of hydrogen-bond donors (Lipinski definition) is 2. The summed E-state index contributed by atoms with van der Waals surface area (Å²) in [7, 11) is 0. The lowest BCUT2D eigenvalue weighted by atomic mass is 10.1. The molecule has 1 atom stereocenters. The summed E-state index contributed by atoms with van der Waals surface area (Å²) in [4.78, 5) is 12.0. The summed E-state index contributed by atoms with van der Waals surface area (Å²) in [6.07, 6.45) is 1.14. The quantitative estimate of drug-likeness (QED) is 0.806. The Bertz CT molecular complexity index is 359. The van der Waals surface area contributed by atoms with Gasteiger partial charge in [0.2, 0.25) is 5.91 Å². The lowest BCUT2D eigenvalue weighted by molar-refractivity contribution is 0.100. The van der Waals surface area contributed by atoms with Crippen LogP contribution in [0.15, 0.2) is 11.4 Å². The zero-order chi connectivity index (χ0) is 11.4. The number of nitrogens with one attached hydrogen (secondary N) is 1. The Labute approximate surface area is 98.8 Å². The summed E-state index contributed by atoms with van der Waals surface area (Å²) in [6.45, 7) is 3.53. The van der Waals surface area contributed by atoms with Gasteiger partial charge >= 0.3 is 0 Å². The fraction of sp³-hybridized carbons (Fsp3) is 0.545. The molecular formula is C11H16N2O2S. The third-order valence-corrected chi connectivity index (χ3v) is 3.63. The zero-order valence-corrected chi connectivity index (χ0v) is 9.89. The minimum Gasteiger partial charge on any atom is -0.381 e. The second-order valence-corrected chi connectivity index (χ2v) is 5.02. The van der Waals surface area contributed by atoms with E-state index in [0.717, 1.165) is 37.6 Å². The average molecular weight is 240 g/mol. The molecule has 0 saturated carbocycles. The number of carbonyl (C=O) groups excluding carboxylic acids is 1. The molecule has 1 fully saturated rings. The molecule has 2 heterocycles. The van der Waals surface area contributed by atoms with Gasteiger partial charge in [0.25, 0.3) is 0 Å². The average Bonchev–Trinajstić information content (AvgIpc) is 2.87. The largest absolute Gasteiger partial charge is 0.381 e. The number of primary amides is 1. The molecule has 2 rings (SSSR count). The van der Waals surface area contributed by atoms with Gasteiger partial charge in [-0.3, -0.25) is 4.79 Å². The summed E-state index contributed by atoms with van der Waals surface area (Å²) >= 11 is 1.57. The van der Waals surface area contributed by atoms with E-state index in [1.807, 2.05) is 6.07 Å². The van der Waals surface area contributed by atoms with Gasteiger partial charge in [0, 0.05) is 30.0 Å². The van der Waals surface area contributed by atoms with E-state index in [2.05, 4.69) is 5.32 Å². The summed E-state index contributed by atoms with van der Waals surface area (Å²) in [6, 6.07) is 1.85. The van der Waals surface area contributed by atoms with Crippen molar-refractivity contribution in [1.29, 1.82) is 0 Å². The minimum absolute atomic E-state index is 0.355. The molecule has 1 aromatic rings. The van der Waals surface area contributed by atoms with Gasteiger partial charge in [-0.15, -0.1) is 11.3 Å². The molecule has 0 spiro atoms. The molecule has 16 heavy (non-hydrogen) atoms. The number of hydrogen-bond acceptors (Lipinski definition) is 4. The Morgan fingerprint density at radius 3 is 3.19 bits per heavy atom. The Hall–Kier alpha value is -0.910. The first-order chi connectivity index (χ1) is 7.75. The predicted molar refractivity (Wildman–Crippen MR) is 63.5 cm³/mol. The molecule has 1 aliphatic heterocycles. The van der Waals surface area contributed by atoms with Gasteiger partial charge in [0.05, 0.1) is 12.2 Å².